The van der Waals surface area contributed by atoms with Crippen molar-refractivity contribution in [3.05, 3.63) is 41.4 Å². The quantitative estimate of drug-likeness (QED) is 0.536. The van der Waals surface area contributed by atoms with Crippen LogP contribution in [0.25, 0.3) is 0 Å². The number of nitrogen functional groups attached to an aromatic ring is 1. The molecule has 4 rings (SSSR count). The minimum Gasteiger partial charge on any atom is -0.486 e. The summed E-state index contributed by atoms with van der Waals surface area (Å²) in [7, 11) is 0. The van der Waals surface area contributed by atoms with E-state index in [9.17, 15) is 0 Å². The molecule has 1 aromatic heterocycles. The zero-order chi connectivity index (χ0) is 17.2. The summed E-state index contributed by atoms with van der Waals surface area (Å²) < 4.78 is 17.4. The minimum absolute atomic E-state index is 0.151. The molecule has 0 amide bonds. The molecule has 132 valence electrons. The lowest BCUT2D eigenvalue weighted by molar-refractivity contribution is 0.0358. The average Bonchev–Trinajstić information content (AvgIpc) is 2.68. The van der Waals surface area contributed by atoms with Crippen LogP contribution in [0, 0.1) is 5.41 Å². The summed E-state index contributed by atoms with van der Waals surface area (Å²) >= 11 is 0. The fraction of sp³-hybridized carbons (Fsp3) is 0.375. The van der Waals surface area contributed by atoms with Crippen LogP contribution in [-0.2, 0) is 4.74 Å². The highest BCUT2D eigenvalue weighted by molar-refractivity contribution is 5.49. The van der Waals surface area contributed by atoms with E-state index >= 15 is 0 Å². The third-order valence-corrected chi connectivity index (χ3v) is 4.28. The fourth-order valence-electron chi connectivity index (χ4n) is 3.08. The predicted molar refractivity (Wildman–Crippen MR) is 90.0 cm³/mol. The third-order valence-electron chi connectivity index (χ3n) is 4.28. The zero-order valence-corrected chi connectivity index (χ0v) is 13.6. The lowest BCUT2D eigenvalue weighted by Gasteiger charge is -2.35. The van der Waals surface area contributed by atoms with Crippen LogP contribution in [-0.4, -0.2) is 42.8 Å². The van der Waals surface area contributed by atoms with Crippen molar-refractivity contribution in [1.82, 2.24) is 9.89 Å². The van der Waals surface area contributed by atoms with Crippen LogP contribution in [0.2, 0.25) is 0 Å². The smallest absolute Gasteiger partial charge is 0.167 e. The van der Waals surface area contributed by atoms with Crippen LogP contribution >= 0.6 is 0 Å². The van der Waals surface area contributed by atoms with Crippen molar-refractivity contribution in [2.24, 2.45) is 5.84 Å². The van der Waals surface area contributed by atoms with E-state index in [2.05, 4.69) is 15.5 Å². The lowest BCUT2D eigenvalue weighted by Crippen LogP contribution is -2.41. The molecular weight excluding hydrogens is 324 g/mol. The van der Waals surface area contributed by atoms with Gasteiger partial charge in [-0.2, -0.15) is 0 Å². The summed E-state index contributed by atoms with van der Waals surface area (Å²) in [6, 6.07) is 9.31. The number of aromatic nitrogens is 2. The molecule has 4 N–H and O–H groups in total. The molecule has 25 heavy (non-hydrogen) atoms. The van der Waals surface area contributed by atoms with Gasteiger partial charge >= 0.3 is 0 Å². The maximum atomic E-state index is 7.74. The van der Waals surface area contributed by atoms with Gasteiger partial charge in [0.2, 0.25) is 0 Å². The van der Waals surface area contributed by atoms with Crippen molar-refractivity contribution in [1.29, 1.82) is 5.41 Å². The summed E-state index contributed by atoms with van der Waals surface area (Å²) in [5.74, 6) is 7.64. The first-order valence-electron chi connectivity index (χ1n) is 8.13. The Labute approximate surface area is 144 Å². The molecule has 1 saturated heterocycles. The molecule has 9 nitrogen and oxygen atoms in total. The van der Waals surface area contributed by atoms with E-state index in [-0.39, 0.29) is 11.6 Å². The van der Waals surface area contributed by atoms with E-state index in [4.69, 9.17) is 25.5 Å². The number of benzene rings is 1. The molecule has 0 bridgehead atoms. The number of para-hydroxylation sites is 1. The molecule has 0 radical (unpaired) electrons. The number of hydrogen-bond donors (Lipinski definition) is 3. The maximum Gasteiger partial charge on any atom is 0.167 e. The molecule has 2 aliphatic rings. The zero-order valence-electron chi connectivity index (χ0n) is 13.6. The number of nitrogens with two attached hydrogens (primary N) is 1. The second-order valence-electron chi connectivity index (χ2n) is 5.79. The van der Waals surface area contributed by atoms with Crippen LogP contribution in [0.5, 0.6) is 11.5 Å². The molecule has 1 aromatic carbocycles. The number of fused-ring (bicyclic) bond motifs is 1. The van der Waals surface area contributed by atoms with E-state index in [1.807, 2.05) is 18.2 Å². The van der Waals surface area contributed by atoms with Crippen molar-refractivity contribution in [3.63, 3.8) is 0 Å². The fourth-order valence-corrected chi connectivity index (χ4v) is 3.08. The van der Waals surface area contributed by atoms with E-state index in [1.54, 1.807) is 12.1 Å². The Morgan fingerprint density at radius 3 is 2.92 bits per heavy atom. The summed E-state index contributed by atoms with van der Waals surface area (Å²) in [5, 5.41) is 12.1. The van der Waals surface area contributed by atoms with Gasteiger partial charge in [0.15, 0.2) is 22.8 Å². The Hall–Kier alpha value is -2.78. The SMILES string of the molecule is N=c1ccc(N2CCOC(c3cccc4c3OCCO4)C2)nn1NN. The van der Waals surface area contributed by atoms with Crippen LogP contribution in [0.15, 0.2) is 30.3 Å². The number of hydrazine groups is 1. The van der Waals surface area contributed by atoms with Gasteiger partial charge in [-0.3, -0.25) is 5.41 Å². The van der Waals surface area contributed by atoms with Gasteiger partial charge in [0.25, 0.3) is 0 Å². The minimum atomic E-state index is -0.151. The Balaban J connectivity index is 1.61. The third kappa shape index (κ3) is 2.99. The van der Waals surface area contributed by atoms with Crippen molar-refractivity contribution in [2.45, 2.75) is 6.10 Å². The first-order chi connectivity index (χ1) is 12.3. The molecule has 1 unspecified atom stereocenters. The summed E-state index contributed by atoms with van der Waals surface area (Å²) in [4.78, 5) is 3.33. The van der Waals surface area contributed by atoms with Crippen molar-refractivity contribution in [2.75, 3.05) is 43.3 Å². The Bertz CT molecular complexity index is 824. The number of ether oxygens (including phenoxy) is 3. The van der Waals surface area contributed by atoms with Crippen LogP contribution in [0.4, 0.5) is 5.82 Å². The molecule has 1 fully saturated rings. The van der Waals surface area contributed by atoms with E-state index < -0.39 is 0 Å². The van der Waals surface area contributed by atoms with E-state index in [0.717, 1.165) is 22.9 Å². The normalized spacial score (nSPS) is 19.6. The summed E-state index contributed by atoms with van der Waals surface area (Å²) in [6.45, 7) is 2.99. The number of hydrogen-bond acceptors (Lipinski definition) is 8. The summed E-state index contributed by atoms with van der Waals surface area (Å²) in [5.41, 5.74) is 3.54. The van der Waals surface area contributed by atoms with Gasteiger partial charge in [-0.25, -0.2) is 11.4 Å². The predicted octanol–water partition coefficient (Wildman–Crippen LogP) is 0.129. The molecule has 0 spiro atoms. The van der Waals surface area contributed by atoms with Gasteiger partial charge in [-0.1, -0.05) is 12.1 Å². The average molecular weight is 344 g/mol. The highest BCUT2D eigenvalue weighted by Gasteiger charge is 2.28. The lowest BCUT2D eigenvalue weighted by atomic mass is 10.1. The van der Waals surface area contributed by atoms with Crippen LogP contribution in [0.1, 0.15) is 11.7 Å². The Morgan fingerprint density at radius 1 is 1.16 bits per heavy atom. The molecular formula is C16H20N6O3. The molecule has 9 heteroatoms. The second kappa shape index (κ2) is 6.61. The highest BCUT2D eigenvalue weighted by atomic mass is 16.6. The first kappa shape index (κ1) is 15.7. The number of nitrogens with one attached hydrogen (secondary N) is 2. The Morgan fingerprint density at radius 2 is 2.04 bits per heavy atom. The maximum absolute atomic E-state index is 7.74. The van der Waals surface area contributed by atoms with Gasteiger partial charge < -0.3 is 19.1 Å². The van der Waals surface area contributed by atoms with Crippen molar-refractivity contribution in [3.8, 4) is 11.5 Å². The molecule has 2 aromatic rings. The van der Waals surface area contributed by atoms with E-state index in [0.29, 0.717) is 32.9 Å². The molecule has 0 aliphatic carbocycles. The molecule has 3 heterocycles. The molecule has 0 saturated carbocycles. The van der Waals surface area contributed by atoms with Gasteiger partial charge in [0, 0.05) is 12.1 Å². The highest BCUT2D eigenvalue weighted by Crippen LogP contribution is 2.39. The van der Waals surface area contributed by atoms with Gasteiger partial charge in [-0.15, -0.1) is 9.89 Å². The van der Waals surface area contributed by atoms with Crippen LogP contribution in [0.3, 0.4) is 0 Å². The number of nitrogens with zero attached hydrogens (tertiary/aromatic N) is 3. The standard InChI is InChI=1S/C16H20N6O3/c17-14-4-5-15(19-22(14)20-18)21-6-7-23-13(10-21)11-2-1-3-12-16(11)25-9-8-24-12/h1-5,13,17,20H,6-10,18H2. The summed E-state index contributed by atoms with van der Waals surface area (Å²) in [6.07, 6.45) is -0.151. The molecule has 1 atom stereocenters. The number of rotatable bonds is 3. The van der Waals surface area contributed by atoms with Gasteiger partial charge in [-0.05, 0) is 18.2 Å². The number of morpholine rings is 1. The molecule has 2 aliphatic heterocycles. The van der Waals surface area contributed by atoms with E-state index in [1.165, 1.54) is 4.79 Å². The topological polar surface area (TPSA) is 111 Å². The first-order valence-corrected chi connectivity index (χ1v) is 8.13. The largest absolute Gasteiger partial charge is 0.486 e. The van der Waals surface area contributed by atoms with Crippen molar-refractivity contribution >= 4 is 5.82 Å². The van der Waals surface area contributed by atoms with Crippen LogP contribution < -0.4 is 31.2 Å². The van der Waals surface area contributed by atoms with Gasteiger partial charge in [0.05, 0.1) is 13.2 Å². The monoisotopic (exact) mass is 344 g/mol. The van der Waals surface area contributed by atoms with Crippen molar-refractivity contribution < 1.29 is 14.2 Å². The number of anilines is 1. The Kier molecular flexibility index (Phi) is 4.16. The second-order valence-corrected chi connectivity index (χ2v) is 5.79. The van der Waals surface area contributed by atoms with Gasteiger partial charge in [0.1, 0.15) is 19.3 Å².